The van der Waals surface area contributed by atoms with Crippen molar-refractivity contribution in [2.75, 3.05) is 0 Å². The van der Waals surface area contributed by atoms with E-state index in [0.717, 1.165) is 55.8 Å². The lowest BCUT2D eigenvalue weighted by atomic mass is 9.82. The summed E-state index contributed by atoms with van der Waals surface area (Å²) in [5.74, 6) is 1.69. The van der Waals surface area contributed by atoms with Gasteiger partial charge in [-0.2, -0.15) is 5.26 Å². The fourth-order valence-electron chi connectivity index (χ4n) is 6.59. The van der Waals surface area contributed by atoms with E-state index < -0.39 is 0 Å². The van der Waals surface area contributed by atoms with E-state index in [9.17, 15) is 5.26 Å². The Hall–Kier alpha value is -6.97. The minimum absolute atomic E-state index is 0.159. The third-order valence-electron chi connectivity index (χ3n) is 9.26. The average Bonchev–Trinajstić information content (AvgIpc) is 3.22. The van der Waals surface area contributed by atoms with E-state index in [1.165, 1.54) is 6.21 Å². The monoisotopic (exact) mass is 656 g/mol. The van der Waals surface area contributed by atoms with Crippen LogP contribution in [0.15, 0.2) is 158 Å². The summed E-state index contributed by atoms with van der Waals surface area (Å²) in [5.41, 5.74) is 10.7. The maximum Gasteiger partial charge on any atom is 0.164 e. The molecule has 2 N–H and O–H groups in total. The summed E-state index contributed by atoms with van der Waals surface area (Å²) in [6.45, 7) is 0. The zero-order valence-electron chi connectivity index (χ0n) is 27.6. The molecule has 51 heavy (non-hydrogen) atoms. The van der Waals surface area contributed by atoms with Crippen molar-refractivity contribution in [2.24, 2.45) is 0 Å². The number of aromatic nitrogens is 3. The number of hydrogen-bond donors (Lipinski definition) is 2. The Bertz CT molecular complexity index is 2340. The highest BCUT2D eigenvalue weighted by Crippen LogP contribution is 2.40. The van der Waals surface area contributed by atoms with Gasteiger partial charge in [0.15, 0.2) is 17.5 Å². The Morgan fingerprint density at radius 1 is 0.569 bits per heavy atom. The molecule has 1 aliphatic rings. The number of nitrogens with zero attached hydrogens (tertiary/aromatic N) is 4. The highest BCUT2D eigenvalue weighted by Gasteiger charge is 2.29. The molecule has 2 heterocycles. The molecular weight excluding hydrogens is 625 g/mol. The summed E-state index contributed by atoms with van der Waals surface area (Å²) >= 11 is 0. The summed E-state index contributed by atoms with van der Waals surface area (Å²) in [5, 5.41) is 21.6. The highest BCUT2D eigenvalue weighted by molar-refractivity contribution is 5.87. The van der Waals surface area contributed by atoms with Crippen molar-refractivity contribution in [3.05, 3.63) is 186 Å². The van der Waals surface area contributed by atoms with Gasteiger partial charge in [-0.15, -0.1) is 0 Å². The molecule has 0 bridgehead atoms. The lowest BCUT2D eigenvalue weighted by Crippen LogP contribution is -2.30. The molecule has 242 valence electrons. The van der Waals surface area contributed by atoms with E-state index in [-0.39, 0.29) is 12.0 Å². The van der Waals surface area contributed by atoms with Crippen LogP contribution in [0.5, 0.6) is 0 Å². The smallest absolute Gasteiger partial charge is 0.164 e. The molecule has 0 aliphatic carbocycles. The lowest BCUT2D eigenvalue weighted by molar-refractivity contribution is 0.594. The topological polar surface area (TPSA) is 98.3 Å². The van der Waals surface area contributed by atoms with Gasteiger partial charge < -0.3 is 10.7 Å². The first-order valence-corrected chi connectivity index (χ1v) is 16.8. The summed E-state index contributed by atoms with van der Waals surface area (Å²) in [6, 6.07) is 54.7. The van der Waals surface area contributed by atoms with Crippen LogP contribution in [-0.4, -0.2) is 21.2 Å². The number of hydrogen-bond acceptors (Lipinski definition) is 6. The zero-order chi connectivity index (χ0) is 34.6. The first-order valence-electron chi connectivity index (χ1n) is 16.8. The second-order valence-electron chi connectivity index (χ2n) is 12.4. The lowest BCUT2D eigenvalue weighted by Gasteiger charge is -2.33. The molecule has 1 aromatic heterocycles. The van der Waals surface area contributed by atoms with Crippen molar-refractivity contribution in [1.29, 1.82) is 10.7 Å². The molecule has 0 spiro atoms. The number of nitriles is 1. The van der Waals surface area contributed by atoms with Gasteiger partial charge in [-0.25, -0.2) is 15.0 Å². The predicted molar refractivity (Wildman–Crippen MR) is 204 cm³/mol. The molecule has 6 nitrogen and oxygen atoms in total. The molecule has 2 unspecified atom stereocenters. The van der Waals surface area contributed by atoms with E-state index in [4.69, 9.17) is 20.4 Å². The van der Waals surface area contributed by atoms with Gasteiger partial charge in [-0.3, -0.25) is 0 Å². The number of fused-ring (bicyclic) bond motifs is 1. The minimum atomic E-state index is -0.181. The molecule has 6 heteroatoms. The summed E-state index contributed by atoms with van der Waals surface area (Å²) < 4.78 is 0. The van der Waals surface area contributed by atoms with Crippen molar-refractivity contribution in [3.63, 3.8) is 0 Å². The molecule has 0 amide bonds. The maximum absolute atomic E-state index is 9.37. The van der Waals surface area contributed by atoms with E-state index >= 15 is 0 Å². The van der Waals surface area contributed by atoms with Crippen LogP contribution in [0.25, 0.3) is 57.1 Å². The molecule has 7 aromatic rings. The minimum Gasteiger partial charge on any atom is -0.377 e. The Kier molecular flexibility index (Phi) is 8.51. The fourth-order valence-corrected chi connectivity index (χ4v) is 6.59. The third-order valence-corrected chi connectivity index (χ3v) is 9.26. The van der Waals surface area contributed by atoms with Crippen LogP contribution in [-0.2, 0) is 0 Å². The van der Waals surface area contributed by atoms with Crippen molar-refractivity contribution in [2.45, 2.75) is 12.0 Å². The van der Waals surface area contributed by atoms with Gasteiger partial charge in [0.25, 0.3) is 0 Å². The summed E-state index contributed by atoms with van der Waals surface area (Å²) in [4.78, 5) is 14.6. The third kappa shape index (κ3) is 6.44. The molecule has 1 aliphatic heterocycles. The van der Waals surface area contributed by atoms with Crippen LogP contribution >= 0.6 is 0 Å². The zero-order valence-corrected chi connectivity index (χ0v) is 27.6. The predicted octanol–water partition coefficient (Wildman–Crippen LogP) is 9.99. The first-order chi connectivity index (χ1) is 25.2. The van der Waals surface area contributed by atoms with Crippen LogP contribution in [0, 0.1) is 16.7 Å². The fraction of sp³-hybridized carbons (Fsp3) is 0.0444. The van der Waals surface area contributed by atoms with Crippen LogP contribution in [0.4, 0.5) is 0 Å². The number of nitrogens with one attached hydrogen (secondary N) is 2. The largest absolute Gasteiger partial charge is 0.377 e. The Balaban J connectivity index is 1.17. The standard InChI is InChI=1S/C45H32N6/c46-28-30-16-18-33(19-17-30)41-27-38-26-37(24-25-39(38)42(48-41)40(29-47)32-10-4-1-5-11-32)31-20-22-36(23-21-31)45-50-43(34-12-6-2-7-13-34)49-44(51-45)35-14-8-3-9-15-35/h1-27,29,40,42,47-48H. The molecule has 0 fully saturated rings. The second kappa shape index (κ2) is 13.9. The van der Waals surface area contributed by atoms with Gasteiger partial charge in [0, 0.05) is 34.5 Å². The van der Waals surface area contributed by atoms with Crippen molar-refractivity contribution < 1.29 is 0 Å². The van der Waals surface area contributed by atoms with Crippen molar-refractivity contribution >= 4 is 18.0 Å². The molecule has 6 aromatic carbocycles. The van der Waals surface area contributed by atoms with Gasteiger partial charge >= 0.3 is 0 Å². The SMILES string of the molecule is N#Cc1ccc(C2=Cc3cc(-c4ccc(-c5nc(-c6ccccc6)nc(-c6ccccc6)n5)cc4)ccc3C(C(C=N)c3ccccc3)N2)cc1. The second-order valence-corrected chi connectivity index (χ2v) is 12.4. The van der Waals surface area contributed by atoms with Gasteiger partial charge in [0.2, 0.25) is 0 Å². The van der Waals surface area contributed by atoms with E-state index in [2.05, 4.69) is 72.1 Å². The van der Waals surface area contributed by atoms with Crippen LogP contribution in [0.3, 0.4) is 0 Å². The van der Waals surface area contributed by atoms with E-state index in [0.29, 0.717) is 23.0 Å². The van der Waals surface area contributed by atoms with Gasteiger partial charge in [-0.1, -0.05) is 140 Å². The molecule has 0 radical (unpaired) electrons. The average molecular weight is 657 g/mol. The highest BCUT2D eigenvalue weighted by atomic mass is 15.0. The first kappa shape index (κ1) is 31.3. The van der Waals surface area contributed by atoms with E-state index in [1.54, 1.807) is 0 Å². The van der Waals surface area contributed by atoms with Gasteiger partial charge in [0.05, 0.1) is 17.7 Å². The number of benzene rings is 6. The molecule has 2 atom stereocenters. The maximum atomic E-state index is 9.37. The van der Waals surface area contributed by atoms with Crippen molar-refractivity contribution in [1.82, 2.24) is 20.3 Å². The van der Waals surface area contributed by atoms with Crippen LogP contribution < -0.4 is 5.32 Å². The molecular formula is C45H32N6. The Labute approximate surface area is 297 Å². The Morgan fingerprint density at radius 2 is 1.06 bits per heavy atom. The molecule has 8 rings (SSSR count). The normalized spacial score (nSPS) is 13.9. The number of rotatable bonds is 8. The summed E-state index contributed by atoms with van der Waals surface area (Å²) in [7, 11) is 0. The molecule has 0 saturated heterocycles. The Morgan fingerprint density at radius 3 is 1.61 bits per heavy atom. The van der Waals surface area contributed by atoms with Gasteiger partial charge in [0.1, 0.15) is 0 Å². The quantitative estimate of drug-likeness (QED) is 0.159. The van der Waals surface area contributed by atoms with Crippen molar-refractivity contribution in [3.8, 4) is 51.4 Å². The van der Waals surface area contributed by atoms with E-state index in [1.807, 2.05) is 103 Å². The van der Waals surface area contributed by atoms with Crippen LogP contribution in [0.1, 0.15) is 39.8 Å². The van der Waals surface area contributed by atoms with Crippen LogP contribution in [0.2, 0.25) is 0 Å². The summed E-state index contributed by atoms with van der Waals surface area (Å²) in [6.07, 6.45) is 3.69. The molecule has 0 saturated carbocycles. The van der Waals surface area contributed by atoms with Gasteiger partial charge in [-0.05, 0) is 57.7 Å².